The van der Waals surface area contributed by atoms with Gasteiger partial charge in [-0.15, -0.1) is 11.3 Å². The van der Waals surface area contributed by atoms with Crippen LogP contribution in [0.25, 0.3) is 0 Å². The average Bonchev–Trinajstić information content (AvgIpc) is 3.25. The SMILES string of the molecule is C=N/C(=C(\C=N/CNc1ccc(C=O)cc1OC)N(C)C)N(Cc1ccc(Cl)s1)[C@@H](C=O)CC. The molecule has 0 aliphatic heterocycles. The summed E-state index contributed by atoms with van der Waals surface area (Å²) in [5, 5.41) is 3.17. The summed E-state index contributed by atoms with van der Waals surface area (Å²) in [4.78, 5) is 36.4. The molecular weight excluding hydrogens is 474 g/mol. The zero-order chi connectivity index (χ0) is 25.1. The van der Waals surface area contributed by atoms with E-state index in [-0.39, 0.29) is 12.7 Å². The second-order valence-electron chi connectivity index (χ2n) is 7.43. The number of aliphatic imine (C=N–C) groups is 2. The highest BCUT2D eigenvalue weighted by Gasteiger charge is 2.23. The number of hydrogen-bond donors (Lipinski definition) is 1. The van der Waals surface area contributed by atoms with Gasteiger partial charge >= 0.3 is 0 Å². The van der Waals surface area contributed by atoms with E-state index in [2.05, 4.69) is 22.0 Å². The van der Waals surface area contributed by atoms with Crippen molar-refractivity contribution >= 4 is 54.1 Å². The van der Waals surface area contributed by atoms with E-state index in [1.165, 1.54) is 11.3 Å². The van der Waals surface area contributed by atoms with Gasteiger partial charge in [-0.1, -0.05) is 18.5 Å². The Morgan fingerprint density at radius 2 is 2.06 bits per heavy atom. The molecule has 0 amide bonds. The van der Waals surface area contributed by atoms with Crippen LogP contribution >= 0.6 is 22.9 Å². The van der Waals surface area contributed by atoms with Crippen LogP contribution in [0.15, 0.2) is 51.8 Å². The molecule has 8 nitrogen and oxygen atoms in total. The summed E-state index contributed by atoms with van der Waals surface area (Å²) < 4.78 is 6.02. The maximum absolute atomic E-state index is 11.9. The van der Waals surface area contributed by atoms with Gasteiger partial charge < -0.3 is 24.6 Å². The van der Waals surface area contributed by atoms with E-state index in [0.29, 0.717) is 45.8 Å². The molecule has 2 aromatic rings. The Bertz CT molecular complexity index is 1050. The van der Waals surface area contributed by atoms with Crippen molar-refractivity contribution in [3.63, 3.8) is 0 Å². The number of rotatable bonds is 14. The largest absolute Gasteiger partial charge is 0.495 e. The zero-order valence-corrected chi connectivity index (χ0v) is 21.4. The van der Waals surface area contributed by atoms with Gasteiger partial charge in [-0.3, -0.25) is 9.79 Å². The molecule has 0 fully saturated rings. The highest BCUT2D eigenvalue weighted by molar-refractivity contribution is 7.16. The molecule has 1 aromatic heterocycles. The molecule has 0 unspecified atom stereocenters. The molecule has 0 aliphatic carbocycles. The number of hydrogen-bond acceptors (Lipinski definition) is 9. The lowest BCUT2D eigenvalue weighted by molar-refractivity contribution is -0.112. The average molecular weight is 504 g/mol. The molecule has 2 rings (SSSR count). The maximum Gasteiger partial charge on any atom is 0.154 e. The summed E-state index contributed by atoms with van der Waals surface area (Å²) in [7, 11) is 5.30. The third kappa shape index (κ3) is 7.16. The number of nitrogens with one attached hydrogen (secondary N) is 1. The molecule has 0 saturated carbocycles. The second-order valence-corrected chi connectivity index (χ2v) is 9.23. The van der Waals surface area contributed by atoms with Crippen LogP contribution in [0.1, 0.15) is 28.6 Å². The van der Waals surface area contributed by atoms with Crippen molar-refractivity contribution in [3.05, 3.63) is 56.6 Å². The van der Waals surface area contributed by atoms with E-state index < -0.39 is 0 Å². The number of carbonyl (C=O) groups excluding carboxylic acids is 2. The lowest BCUT2D eigenvalue weighted by Gasteiger charge is -2.31. The van der Waals surface area contributed by atoms with E-state index in [0.717, 1.165) is 17.4 Å². The quantitative estimate of drug-likeness (QED) is 0.300. The van der Waals surface area contributed by atoms with E-state index in [1.807, 2.05) is 43.0 Å². The maximum atomic E-state index is 11.9. The van der Waals surface area contributed by atoms with Gasteiger partial charge in [0, 0.05) is 24.5 Å². The Labute approximate surface area is 209 Å². The van der Waals surface area contributed by atoms with Crippen LogP contribution in [0.3, 0.4) is 0 Å². The lowest BCUT2D eigenvalue weighted by Crippen LogP contribution is -2.36. The summed E-state index contributed by atoms with van der Waals surface area (Å²) in [6.45, 7) is 6.43. The molecular formula is C24H30ClN5O3S. The Balaban J connectivity index is 2.32. The van der Waals surface area contributed by atoms with Crippen LogP contribution in [0, 0.1) is 0 Å². The first-order valence-electron chi connectivity index (χ1n) is 10.6. The van der Waals surface area contributed by atoms with Crippen molar-refractivity contribution in [2.45, 2.75) is 25.9 Å². The van der Waals surface area contributed by atoms with E-state index in [9.17, 15) is 9.59 Å². The zero-order valence-electron chi connectivity index (χ0n) is 19.8. The summed E-state index contributed by atoms with van der Waals surface area (Å²) in [5.41, 5.74) is 1.94. The topological polar surface area (TPSA) is 86.6 Å². The first-order chi connectivity index (χ1) is 16.4. The van der Waals surface area contributed by atoms with Gasteiger partial charge in [0.05, 0.1) is 41.6 Å². The third-order valence-corrected chi connectivity index (χ3v) is 6.22. The van der Waals surface area contributed by atoms with Crippen LogP contribution < -0.4 is 10.1 Å². The molecule has 1 heterocycles. The van der Waals surface area contributed by atoms with Crippen molar-refractivity contribution in [1.29, 1.82) is 0 Å². The summed E-state index contributed by atoms with van der Waals surface area (Å²) in [6, 6.07) is 8.51. The Hall–Kier alpha value is -3.17. The van der Waals surface area contributed by atoms with Gasteiger partial charge in [0.2, 0.25) is 0 Å². The van der Waals surface area contributed by atoms with Gasteiger partial charge in [0.1, 0.15) is 25.0 Å². The van der Waals surface area contributed by atoms with Gasteiger partial charge in [-0.05, 0) is 43.5 Å². The third-order valence-electron chi connectivity index (χ3n) is 5.00. The monoisotopic (exact) mass is 503 g/mol. The molecule has 34 heavy (non-hydrogen) atoms. The number of aldehydes is 2. The van der Waals surface area contributed by atoms with Gasteiger partial charge in [-0.25, -0.2) is 4.99 Å². The van der Waals surface area contributed by atoms with Crippen molar-refractivity contribution < 1.29 is 14.3 Å². The minimum atomic E-state index is -0.386. The molecule has 1 atom stereocenters. The van der Waals surface area contributed by atoms with Crippen LogP contribution in [0.5, 0.6) is 5.75 Å². The molecule has 1 N–H and O–H groups in total. The molecule has 0 bridgehead atoms. The molecule has 0 spiro atoms. The van der Waals surface area contributed by atoms with Crippen molar-refractivity contribution in [1.82, 2.24) is 9.80 Å². The summed E-state index contributed by atoms with van der Waals surface area (Å²) in [6.07, 6.45) is 3.98. The van der Waals surface area contributed by atoms with Crippen LogP contribution in [0.2, 0.25) is 4.34 Å². The van der Waals surface area contributed by atoms with E-state index in [1.54, 1.807) is 31.5 Å². The minimum Gasteiger partial charge on any atom is -0.495 e. The number of carbonyl (C=O) groups is 2. The van der Waals surface area contributed by atoms with Gasteiger partial charge in [-0.2, -0.15) is 0 Å². The van der Waals surface area contributed by atoms with Crippen molar-refractivity contribution in [2.24, 2.45) is 9.98 Å². The molecule has 10 heteroatoms. The Morgan fingerprint density at radius 3 is 2.59 bits per heavy atom. The fourth-order valence-electron chi connectivity index (χ4n) is 3.23. The van der Waals surface area contributed by atoms with Crippen molar-refractivity contribution in [2.75, 3.05) is 33.2 Å². The van der Waals surface area contributed by atoms with Crippen molar-refractivity contribution in [3.8, 4) is 5.75 Å². The predicted molar refractivity (Wildman–Crippen MR) is 141 cm³/mol. The van der Waals surface area contributed by atoms with Crippen LogP contribution in [-0.4, -0.2) is 69.2 Å². The number of halogens is 1. The van der Waals surface area contributed by atoms with Crippen LogP contribution in [0.4, 0.5) is 5.69 Å². The number of allylic oxidation sites excluding steroid dienone is 1. The molecule has 182 valence electrons. The Kier molecular flexibility index (Phi) is 10.8. The van der Waals surface area contributed by atoms with Gasteiger partial charge in [0.25, 0.3) is 0 Å². The standard InChI is InChI=1S/C24H30ClN5O3S/c1-6-18(15-32)30(13-19-8-10-23(25)34-19)24(26-2)21(29(3)4)12-27-16-28-20-9-7-17(14-31)11-22(20)33-5/h7-12,14-15,18,28H,2,6,13,16H2,1,3-5H3/b24-21-,27-12-/t18-/m1/s1. The first kappa shape index (κ1) is 27.1. The number of nitrogens with zero attached hydrogens (tertiary/aromatic N) is 4. The lowest BCUT2D eigenvalue weighted by atomic mass is 10.2. The predicted octanol–water partition coefficient (Wildman–Crippen LogP) is 4.57. The smallest absolute Gasteiger partial charge is 0.154 e. The number of thiophene rings is 1. The fourth-order valence-corrected chi connectivity index (χ4v) is 4.31. The fraction of sp³-hybridized carbons (Fsp3) is 0.333. The second kappa shape index (κ2) is 13.5. The number of ether oxygens (including phenoxy) is 1. The molecule has 0 saturated heterocycles. The molecule has 0 aliphatic rings. The van der Waals surface area contributed by atoms with E-state index in [4.69, 9.17) is 16.3 Å². The molecule has 0 radical (unpaired) electrons. The number of methoxy groups -OCH3 is 1. The van der Waals surface area contributed by atoms with E-state index >= 15 is 0 Å². The summed E-state index contributed by atoms with van der Waals surface area (Å²) >= 11 is 7.57. The Morgan fingerprint density at radius 1 is 1.29 bits per heavy atom. The highest BCUT2D eigenvalue weighted by Crippen LogP contribution is 2.27. The van der Waals surface area contributed by atoms with Gasteiger partial charge in [0.15, 0.2) is 5.82 Å². The molecule has 1 aromatic carbocycles. The number of benzene rings is 1. The highest BCUT2D eigenvalue weighted by atomic mass is 35.5. The minimum absolute atomic E-state index is 0.254. The number of anilines is 1. The normalized spacial score (nSPS) is 12.6. The van der Waals surface area contributed by atoms with Crippen LogP contribution in [-0.2, 0) is 11.3 Å². The summed E-state index contributed by atoms with van der Waals surface area (Å²) in [5.74, 6) is 1.10. The first-order valence-corrected chi connectivity index (χ1v) is 11.8.